The van der Waals surface area contributed by atoms with Gasteiger partial charge in [-0.15, -0.1) is 0 Å². The van der Waals surface area contributed by atoms with Crippen LogP contribution >= 0.6 is 0 Å². The summed E-state index contributed by atoms with van der Waals surface area (Å²) in [5.41, 5.74) is 3.35. The van der Waals surface area contributed by atoms with Crippen molar-refractivity contribution in [2.75, 3.05) is 19.7 Å². The Balaban J connectivity index is 1.17. The number of hydrogen-bond donors (Lipinski definition) is 1. The summed E-state index contributed by atoms with van der Waals surface area (Å²) in [5.74, 6) is 0.0359. The molecule has 8 heteroatoms. The average Bonchev–Trinajstić information content (AvgIpc) is 3.28. The topological polar surface area (TPSA) is 92.2 Å². The van der Waals surface area contributed by atoms with Crippen molar-refractivity contribution in [3.63, 3.8) is 0 Å². The fraction of sp³-hybridized carbons (Fsp3) is 0.321. The molecule has 5 rings (SSSR count). The van der Waals surface area contributed by atoms with Crippen molar-refractivity contribution in [2.45, 2.75) is 38.4 Å². The SMILES string of the molecule is Cc1nc(Oc2ccc(C(=O)O)cc2)ccc1CN1CCC(N2C(=O)OCC2c2ccccc2)CC1. The highest BCUT2D eigenvalue weighted by Gasteiger charge is 2.40. The van der Waals surface area contributed by atoms with Crippen molar-refractivity contribution in [1.29, 1.82) is 0 Å². The first-order valence-electron chi connectivity index (χ1n) is 12.2. The highest BCUT2D eigenvalue weighted by Crippen LogP contribution is 2.33. The number of likely N-dealkylation sites (tertiary alicyclic amines) is 1. The van der Waals surface area contributed by atoms with Crippen LogP contribution in [-0.2, 0) is 11.3 Å². The number of ether oxygens (including phenoxy) is 2. The number of aromatic nitrogens is 1. The van der Waals surface area contributed by atoms with Gasteiger partial charge in [0.25, 0.3) is 0 Å². The van der Waals surface area contributed by atoms with E-state index in [0.717, 1.165) is 49.3 Å². The van der Waals surface area contributed by atoms with Gasteiger partial charge in [-0.3, -0.25) is 9.80 Å². The number of hydrogen-bond acceptors (Lipinski definition) is 6. The minimum atomic E-state index is -0.972. The first kappa shape index (κ1) is 23.8. The second-order valence-electron chi connectivity index (χ2n) is 9.24. The van der Waals surface area contributed by atoms with Gasteiger partial charge in [-0.1, -0.05) is 36.4 Å². The van der Waals surface area contributed by atoms with E-state index < -0.39 is 5.97 Å². The number of rotatable bonds is 7. The average molecular weight is 488 g/mol. The zero-order chi connectivity index (χ0) is 25.1. The van der Waals surface area contributed by atoms with Crippen molar-refractivity contribution in [3.8, 4) is 11.6 Å². The molecule has 3 aromatic rings. The summed E-state index contributed by atoms with van der Waals surface area (Å²) in [6.07, 6.45) is 1.59. The molecule has 2 aliphatic heterocycles. The Morgan fingerprint density at radius 1 is 1.06 bits per heavy atom. The molecular formula is C28H29N3O5. The lowest BCUT2D eigenvalue weighted by atomic mass is 9.98. The van der Waals surface area contributed by atoms with E-state index in [0.29, 0.717) is 18.2 Å². The number of pyridine rings is 1. The maximum atomic E-state index is 12.5. The summed E-state index contributed by atoms with van der Waals surface area (Å²) >= 11 is 0. The van der Waals surface area contributed by atoms with Crippen LogP contribution in [0.25, 0.3) is 0 Å². The molecule has 0 aliphatic carbocycles. The molecule has 2 aliphatic rings. The molecule has 0 bridgehead atoms. The Bertz CT molecular complexity index is 1220. The predicted octanol–water partition coefficient (Wildman–Crippen LogP) is 5.04. The molecule has 1 N–H and O–H groups in total. The van der Waals surface area contributed by atoms with Crippen LogP contribution < -0.4 is 4.74 Å². The van der Waals surface area contributed by atoms with E-state index in [2.05, 4.69) is 22.0 Å². The zero-order valence-corrected chi connectivity index (χ0v) is 20.2. The van der Waals surface area contributed by atoms with Crippen molar-refractivity contribution < 1.29 is 24.2 Å². The molecule has 2 saturated heterocycles. The Morgan fingerprint density at radius 2 is 1.78 bits per heavy atom. The van der Waals surface area contributed by atoms with Crippen LogP contribution in [0.3, 0.4) is 0 Å². The van der Waals surface area contributed by atoms with Crippen LogP contribution in [0, 0.1) is 6.92 Å². The molecule has 1 atom stereocenters. The molecule has 186 valence electrons. The number of carbonyl (C=O) groups excluding carboxylic acids is 1. The molecule has 3 heterocycles. The molecule has 1 amide bonds. The molecule has 8 nitrogen and oxygen atoms in total. The fourth-order valence-electron chi connectivity index (χ4n) is 4.94. The van der Waals surface area contributed by atoms with Gasteiger partial charge in [-0.2, -0.15) is 0 Å². The van der Waals surface area contributed by atoms with Gasteiger partial charge in [0, 0.05) is 37.4 Å². The van der Waals surface area contributed by atoms with Gasteiger partial charge in [0.05, 0.1) is 11.6 Å². The number of piperidine rings is 1. The second-order valence-corrected chi connectivity index (χ2v) is 9.24. The van der Waals surface area contributed by atoms with Gasteiger partial charge in [0.2, 0.25) is 5.88 Å². The summed E-state index contributed by atoms with van der Waals surface area (Å²) in [4.78, 5) is 32.5. The summed E-state index contributed by atoms with van der Waals surface area (Å²) < 4.78 is 11.2. The van der Waals surface area contributed by atoms with Crippen LogP contribution in [0.15, 0.2) is 66.7 Å². The Morgan fingerprint density at radius 3 is 2.44 bits per heavy atom. The molecule has 0 radical (unpaired) electrons. The molecule has 1 aromatic heterocycles. The van der Waals surface area contributed by atoms with Gasteiger partial charge in [0.1, 0.15) is 12.4 Å². The summed E-state index contributed by atoms with van der Waals surface area (Å²) in [6, 6.07) is 20.4. The van der Waals surface area contributed by atoms with Gasteiger partial charge in [-0.25, -0.2) is 14.6 Å². The molecule has 1 unspecified atom stereocenters. The number of amides is 1. The minimum Gasteiger partial charge on any atom is -0.478 e. The summed E-state index contributed by atoms with van der Waals surface area (Å²) in [5, 5.41) is 9.03. The monoisotopic (exact) mass is 487 g/mol. The number of aromatic carboxylic acids is 1. The van der Waals surface area contributed by atoms with Crippen LogP contribution in [0.1, 0.15) is 46.1 Å². The number of cyclic esters (lactones) is 1. The number of benzene rings is 2. The van der Waals surface area contributed by atoms with Crippen LogP contribution in [0.2, 0.25) is 0 Å². The lowest BCUT2D eigenvalue weighted by Crippen LogP contribution is -2.46. The summed E-state index contributed by atoms with van der Waals surface area (Å²) in [7, 11) is 0. The standard InChI is InChI=1S/C28H29N3O5/c1-19-22(9-12-26(29-19)36-24-10-7-21(8-11-24)27(32)33)17-30-15-13-23(14-16-30)31-25(18-35-28(31)34)20-5-3-2-4-6-20/h2-12,23,25H,13-18H2,1H3,(H,32,33). The third-order valence-corrected chi connectivity index (χ3v) is 6.93. The minimum absolute atomic E-state index is 0.0189. The first-order valence-corrected chi connectivity index (χ1v) is 12.2. The summed E-state index contributed by atoms with van der Waals surface area (Å²) in [6.45, 7) is 4.94. The second kappa shape index (κ2) is 10.4. The van der Waals surface area contributed by atoms with E-state index in [-0.39, 0.29) is 23.7 Å². The number of carboxylic acid groups (broad SMARTS) is 1. The first-order chi connectivity index (χ1) is 17.5. The zero-order valence-electron chi connectivity index (χ0n) is 20.2. The molecule has 0 saturated carbocycles. The van der Waals surface area contributed by atoms with E-state index in [1.807, 2.05) is 42.2 Å². The number of aryl methyl sites for hydroxylation is 1. The largest absolute Gasteiger partial charge is 0.478 e. The van der Waals surface area contributed by atoms with Crippen molar-refractivity contribution >= 4 is 12.1 Å². The lowest BCUT2D eigenvalue weighted by molar-refractivity contribution is 0.0696. The van der Waals surface area contributed by atoms with E-state index in [9.17, 15) is 9.59 Å². The van der Waals surface area contributed by atoms with Crippen molar-refractivity contribution in [1.82, 2.24) is 14.8 Å². The molecular weight excluding hydrogens is 458 g/mol. The highest BCUT2D eigenvalue weighted by molar-refractivity contribution is 5.87. The molecule has 2 fully saturated rings. The van der Waals surface area contributed by atoms with Crippen molar-refractivity contribution in [3.05, 3.63) is 89.1 Å². The maximum absolute atomic E-state index is 12.5. The third kappa shape index (κ3) is 5.18. The number of nitrogens with zero attached hydrogens (tertiary/aromatic N) is 3. The fourth-order valence-corrected chi connectivity index (χ4v) is 4.94. The molecule has 2 aromatic carbocycles. The van der Waals surface area contributed by atoms with E-state index in [4.69, 9.17) is 14.6 Å². The number of carboxylic acids is 1. The lowest BCUT2D eigenvalue weighted by Gasteiger charge is -2.38. The van der Waals surface area contributed by atoms with Gasteiger partial charge in [0.15, 0.2) is 0 Å². The Kier molecular flexibility index (Phi) is 6.86. The highest BCUT2D eigenvalue weighted by atomic mass is 16.6. The number of carbonyl (C=O) groups is 2. The maximum Gasteiger partial charge on any atom is 0.410 e. The van der Waals surface area contributed by atoms with Gasteiger partial charge >= 0.3 is 12.1 Å². The van der Waals surface area contributed by atoms with E-state index in [1.54, 1.807) is 12.1 Å². The predicted molar refractivity (Wildman–Crippen MR) is 133 cm³/mol. The van der Waals surface area contributed by atoms with Crippen LogP contribution in [0.5, 0.6) is 11.6 Å². The van der Waals surface area contributed by atoms with E-state index in [1.165, 1.54) is 12.1 Å². The Hall–Kier alpha value is -3.91. The van der Waals surface area contributed by atoms with Gasteiger partial charge in [-0.05, 0) is 55.2 Å². The normalized spacial score (nSPS) is 18.8. The van der Waals surface area contributed by atoms with Crippen LogP contribution in [-0.4, -0.2) is 57.7 Å². The van der Waals surface area contributed by atoms with Gasteiger partial charge < -0.3 is 14.6 Å². The Labute approximate surface area is 210 Å². The molecule has 0 spiro atoms. The van der Waals surface area contributed by atoms with Crippen molar-refractivity contribution in [2.24, 2.45) is 0 Å². The van der Waals surface area contributed by atoms with E-state index >= 15 is 0 Å². The smallest absolute Gasteiger partial charge is 0.410 e. The third-order valence-electron chi connectivity index (χ3n) is 6.93. The molecule has 36 heavy (non-hydrogen) atoms. The van der Waals surface area contributed by atoms with Crippen LogP contribution in [0.4, 0.5) is 4.79 Å². The quantitative estimate of drug-likeness (QED) is 0.499.